The molecule has 1 rings (SSSR count). The molecule has 0 bridgehead atoms. The second kappa shape index (κ2) is 15.7. The van der Waals surface area contributed by atoms with Gasteiger partial charge in [-0.05, 0) is 0 Å². The Hall–Kier alpha value is -1.73. The molecule has 3 nitrogen and oxygen atoms in total. The van der Waals surface area contributed by atoms with Gasteiger partial charge in [-0.25, -0.2) is 10.2 Å². The van der Waals surface area contributed by atoms with Crippen LogP contribution < -0.4 is 0 Å². The monoisotopic (exact) mass is 151 g/mol. The Morgan fingerprint density at radius 3 is 1.09 bits per heavy atom. The molecule has 0 aliphatic rings. The van der Waals surface area contributed by atoms with Crippen LogP contribution in [0.1, 0.15) is 0 Å². The van der Waals surface area contributed by atoms with Gasteiger partial charge in [-0.1, -0.05) is 36.4 Å². The van der Waals surface area contributed by atoms with Crippen LogP contribution in [0.25, 0.3) is 0 Å². The number of carbonyl (C=O) groups excluding carboxylic acids is 2. The third-order valence-corrected chi connectivity index (χ3v) is 0.667. The fraction of sp³-hybridized carbons (Fsp3) is 0. The molecule has 0 aliphatic carbocycles. The van der Waals surface area contributed by atoms with E-state index < -0.39 is 0 Å². The number of benzene rings is 1. The van der Waals surface area contributed by atoms with Gasteiger partial charge in [0.1, 0.15) is 6.79 Å². The minimum absolute atomic E-state index is 0.750. The fourth-order valence-corrected chi connectivity index (χ4v) is 0.385. The van der Waals surface area contributed by atoms with Crippen LogP contribution in [0, 0.1) is 5.41 Å². The molecule has 0 fully saturated rings. The predicted octanol–water partition coefficient (Wildman–Crippen LogP) is 1.40. The van der Waals surface area contributed by atoms with Gasteiger partial charge in [-0.15, -0.1) is 0 Å². The number of nitrogens with one attached hydrogen (secondary N) is 1. The van der Waals surface area contributed by atoms with E-state index in [-0.39, 0.29) is 0 Å². The van der Waals surface area contributed by atoms with Gasteiger partial charge in [-0.2, -0.15) is 0 Å². The summed E-state index contributed by atoms with van der Waals surface area (Å²) in [4.78, 5) is 16.3. The van der Waals surface area contributed by atoms with Crippen molar-refractivity contribution in [2.75, 3.05) is 0 Å². The van der Waals surface area contributed by atoms with Crippen molar-refractivity contribution in [1.29, 1.82) is 5.41 Å². The summed E-state index contributed by atoms with van der Waals surface area (Å²) in [6.07, 6.45) is 0.750. The molecule has 0 spiro atoms. The molecule has 3 heteroatoms. The molecule has 0 aromatic heterocycles. The molecule has 0 saturated carbocycles. The molecule has 1 aromatic rings. The van der Waals surface area contributed by atoms with Crippen molar-refractivity contribution in [3.63, 3.8) is 0 Å². The summed E-state index contributed by atoms with van der Waals surface area (Å²) < 4.78 is 0. The molecule has 0 saturated heterocycles. The van der Waals surface area contributed by atoms with E-state index in [4.69, 9.17) is 15.0 Å². The Morgan fingerprint density at radius 1 is 0.909 bits per heavy atom. The Morgan fingerprint density at radius 2 is 1.00 bits per heavy atom. The molecule has 58 valence electrons. The lowest BCUT2D eigenvalue weighted by Gasteiger charge is -1.69. The maximum absolute atomic E-state index is 8.35. The van der Waals surface area contributed by atoms with E-state index in [0.717, 1.165) is 6.08 Å². The highest BCUT2D eigenvalue weighted by molar-refractivity contribution is 5.26. The topological polar surface area (TPSA) is 58.0 Å². The number of carbonyl (C=O) groups is 1. The zero-order valence-corrected chi connectivity index (χ0v) is 5.99. The van der Waals surface area contributed by atoms with Gasteiger partial charge < -0.3 is 4.79 Å². The lowest BCUT2D eigenvalue weighted by atomic mass is 10.4. The average Bonchev–Trinajstić information content (AvgIpc) is 2.12. The van der Waals surface area contributed by atoms with E-state index in [1.165, 1.54) is 0 Å². The van der Waals surface area contributed by atoms with Crippen molar-refractivity contribution < 1.29 is 9.59 Å². The van der Waals surface area contributed by atoms with E-state index in [2.05, 4.69) is 0 Å². The van der Waals surface area contributed by atoms with E-state index in [1.807, 2.05) is 43.2 Å². The average molecular weight is 151 g/mol. The van der Waals surface area contributed by atoms with Gasteiger partial charge in [-0.3, -0.25) is 0 Å². The van der Waals surface area contributed by atoms with Crippen molar-refractivity contribution in [3.8, 4) is 0 Å². The highest BCUT2D eigenvalue weighted by Gasteiger charge is 1.57. The van der Waals surface area contributed by atoms with E-state index in [9.17, 15) is 0 Å². The first kappa shape index (κ1) is 12.0. The SMILES string of the molecule is C=O.N=C=O.c1ccccc1. The Balaban J connectivity index is 0. The molecule has 11 heavy (non-hydrogen) atoms. The van der Waals surface area contributed by atoms with Crippen LogP contribution in [0.2, 0.25) is 0 Å². The molecule has 0 atom stereocenters. The van der Waals surface area contributed by atoms with Crippen molar-refractivity contribution in [3.05, 3.63) is 36.4 Å². The van der Waals surface area contributed by atoms with Gasteiger partial charge >= 0.3 is 0 Å². The van der Waals surface area contributed by atoms with Gasteiger partial charge in [0.25, 0.3) is 0 Å². The Labute approximate surface area is 65.2 Å². The van der Waals surface area contributed by atoms with Crippen molar-refractivity contribution >= 4 is 12.9 Å². The molecule has 0 radical (unpaired) electrons. The van der Waals surface area contributed by atoms with Crippen molar-refractivity contribution in [2.24, 2.45) is 0 Å². The van der Waals surface area contributed by atoms with Gasteiger partial charge in [0, 0.05) is 0 Å². The van der Waals surface area contributed by atoms with Crippen LogP contribution in [-0.2, 0) is 9.59 Å². The summed E-state index contributed by atoms with van der Waals surface area (Å²) in [6.45, 7) is 2.00. The quantitative estimate of drug-likeness (QED) is 0.450. The molecule has 0 heterocycles. The minimum atomic E-state index is 0.750. The molecule has 0 aliphatic heterocycles. The standard InChI is InChI=1S/C6H6.CHNO.CH2O/c1-2-4-6-5-3-1;2-1-3;1-2/h1-6H;2H;1H2. The first-order chi connectivity index (χ1) is 5.41. The van der Waals surface area contributed by atoms with Crippen LogP contribution in [0.3, 0.4) is 0 Å². The minimum Gasteiger partial charge on any atom is -0.307 e. The molecule has 1 aromatic carbocycles. The number of isocyanates is 1. The van der Waals surface area contributed by atoms with Crippen LogP contribution in [0.5, 0.6) is 0 Å². The first-order valence-corrected chi connectivity index (χ1v) is 2.74. The van der Waals surface area contributed by atoms with Crippen LogP contribution in [0.4, 0.5) is 0 Å². The lowest BCUT2D eigenvalue weighted by molar-refractivity contribution is -0.0979. The number of rotatable bonds is 0. The summed E-state index contributed by atoms with van der Waals surface area (Å²) in [5.41, 5.74) is 0. The lowest BCUT2D eigenvalue weighted by Crippen LogP contribution is -1.47. The number of hydrogen-bond donors (Lipinski definition) is 1. The maximum atomic E-state index is 8.35. The van der Waals surface area contributed by atoms with Crippen LogP contribution >= 0.6 is 0 Å². The molecule has 0 unspecified atom stereocenters. The Kier molecular flexibility index (Phi) is 17.2. The zero-order valence-electron chi connectivity index (χ0n) is 5.99. The predicted molar refractivity (Wildman–Crippen MR) is 42.0 cm³/mol. The third-order valence-electron chi connectivity index (χ3n) is 0.667. The normalized spacial score (nSPS) is 5.45. The zero-order chi connectivity index (χ0) is 8.95. The molecular formula is C8H9NO2. The summed E-state index contributed by atoms with van der Waals surface area (Å²) in [7, 11) is 0. The summed E-state index contributed by atoms with van der Waals surface area (Å²) in [5, 5.41) is 5.40. The van der Waals surface area contributed by atoms with Gasteiger partial charge in [0.2, 0.25) is 6.08 Å². The summed E-state index contributed by atoms with van der Waals surface area (Å²) in [5.74, 6) is 0. The Bertz CT molecular complexity index is 154. The van der Waals surface area contributed by atoms with Gasteiger partial charge in [0.15, 0.2) is 0 Å². The van der Waals surface area contributed by atoms with Crippen molar-refractivity contribution in [1.82, 2.24) is 0 Å². The maximum Gasteiger partial charge on any atom is 0.231 e. The smallest absolute Gasteiger partial charge is 0.231 e. The van der Waals surface area contributed by atoms with Crippen LogP contribution in [0.15, 0.2) is 36.4 Å². The van der Waals surface area contributed by atoms with Crippen LogP contribution in [-0.4, -0.2) is 12.9 Å². The largest absolute Gasteiger partial charge is 0.307 e. The summed E-state index contributed by atoms with van der Waals surface area (Å²) in [6, 6.07) is 12.0. The van der Waals surface area contributed by atoms with E-state index in [0.29, 0.717) is 0 Å². The second-order valence-electron chi connectivity index (χ2n) is 1.26. The third kappa shape index (κ3) is 17.8. The van der Waals surface area contributed by atoms with E-state index >= 15 is 0 Å². The molecule has 0 amide bonds. The number of hydrogen-bond acceptors (Lipinski definition) is 3. The first-order valence-electron chi connectivity index (χ1n) is 2.74. The molecular weight excluding hydrogens is 142 g/mol. The van der Waals surface area contributed by atoms with Crippen molar-refractivity contribution in [2.45, 2.75) is 0 Å². The summed E-state index contributed by atoms with van der Waals surface area (Å²) >= 11 is 0. The molecule has 1 N–H and O–H groups in total. The highest BCUT2D eigenvalue weighted by Crippen LogP contribution is 1.79. The van der Waals surface area contributed by atoms with Gasteiger partial charge in [0.05, 0.1) is 0 Å². The van der Waals surface area contributed by atoms with E-state index in [1.54, 1.807) is 0 Å². The highest BCUT2D eigenvalue weighted by atomic mass is 16.1. The fourth-order valence-electron chi connectivity index (χ4n) is 0.385. The second-order valence-corrected chi connectivity index (χ2v) is 1.26.